The summed E-state index contributed by atoms with van der Waals surface area (Å²) in [6.45, 7) is 2.71. The largest absolute Gasteiger partial charge is 0.483 e. The summed E-state index contributed by atoms with van der Waals surface area (Å²) in [5.41, 5.74) is 2.16. The lowest BCUT2D eigenvalue weighted by atomic mass is 10.2. The highest BCUT2D eigenvalue weighted by Gasteiger charge is 2.13. The molecule has 1 N–H and O–H groups in total. The summed E-state index contributed by atoms with van der Waals surface area (Å²) < 4.78 is 17.0. The highest BCUT2D eigenvalue weighted by Crippen LogP contribution is 2.32. The van der Waals surface area contributed by atoms with Crippen molar-refractivity contribution >= 4 is 21.8 Å². The molecule has 0 aliphatic carbocycles. The second kappa shape index (κ2) is 7.57. The molecule has 0 saturated carbocycles. The summed E-state index contributed by atoms with van der Waals surface area (Å²) in [6, 6.07) is 11.5. The molecule has 24 heavy (non-hydrogen) atoms. The zero-order valence-corrected chi connectivity index (χ0v) is 14.9. The van der Waals surface area contributed by atoms with Crippen LogP contribution in [0.5, 0.6) is 17.2 Å². The van der Waals surface area contributed by atoms with E-state index in [0.29, 0.717) is 18.0 Å². The standard InChI is InChI=1S/C18H18BrNO4/c1-2-12-3-5-15(14(19)7-12)22-10-18(21)20-9-13-4-6-16-17(8-13)24-11-23-16/h3-8H,2,9-11H2,1H3,(H,20,21). The molecular weight excluding hydrogens is 374 g/mol. The van der Waals surface area contributed by atoms with Crippen LogP contribution in [-0.2, 0) is 17.8 Å². The quantitative estimate of drug-likeness (QED) is 0.819. The Bertz CT molecular complexity index is 748. The Morgan fingerprint density at radius 3 is 2.75 bits per heavy atom. The molecule has 126 valence electrons. The number of amides is 1. The summed E-state index contributed by atoms with van der Waals surface area (Å²) in [6.07, 6.45) is 0.953. The van der Waals surface area contributed by atoms with Crippen LogP contribution in [0.4, 0.5) is 0 Å². The van der Waals surface area contributed by atoms with Gasteiger partial charge in [-0.15, -0.1) is 0 Å². The van der Waals surface area contributed by atoms with Gasteiger partial charge in [-0.05, 0) is 57.7 Å². The molecule has 1 aliphatic rings. The first-order chi connectivity index (χ1) is 11.7. The molecule has 6 heteroatoms. The van der Waals surface area contributed by atoms with Crippen molar-refractivity contribution in [2.75, 3.05) is 13.4 Å². The number of aryl methyl sites for hydroxylation is 1. The molecule has 5 nitrogen and oxygen atoms in total. The van der Waals surface area contributed by atoms with E-state index in [2.05, 4.69) is 28.2 Å². The molecule has 1 amide bonds. The molecule has 3 rings (SSSR count). The summed E-state index contributed by atoms with van der Waals surface area (Å²) >= 11 is 3.46. The minimum atomic E-state index is -0.181. The topological polar surface area (TPSA) is 56.8 Å². The fourth-order valence-corrected chi connectivity index (χ4v) is 2.87. The summed E-state index contributed by atoms with van der Waals surface area (Å²) in [5.74, 6) is 1.91. The van der Waals surface area contributed by atoms with Gasteiger partial charge in [-0.25, -0.2) is 0 Å². The molecule has 0 unspecified atom stereocenters. The van der Waals surface area contributed by atoms with Crippen LogP contribution in [0.25, 0.3) is 0 Å². The van der Waals surface area contributed by atoms with E-state index in [1.807, 2.05) is 36.4 Å². The zero-order valence-electron chi connectivity index (χ0n) is 13.3. The highest BCUT2D eigenvalue weighted by atomic mass is 79.9. The van der Waals surface area contributed by atoms with Crippen LogP contribution in [0.3, 0.4) is 0 Å². The van der Waals surface area contributed by atoms with Crippen LogP contribution >= 0.6 is 15.9 Å². The number of hydrogen-bond acceptors (Lipinski definition) is 4. The first-order valence-corrected chi connectivity index (χ1v) is 8.51. The Balaban J connectivity index is 1.49. The summed E-state index contributed by atoms with van der Waals surface area (Å²) in [5, 5.41) is 2.83. The molecule has 0 atom stereocenters. The van der Waals surface area contributed by atoms with Crippen LogP contribution in [0.15, 0.2) is 40.9 Å². The monoisotopic (exact) mass is 391 g/mol. The average molecular weight is 392 g/mol. The van der Waals surface area contributed by atoms with E-state index < -0.39 is 0 Å². The molecule has 2 aromatic rings. The minimum absolute atomic E-state index is 0.0331. The lowest BCUT2D eigenvalue weighted by molar-refractivity contribution is -0.123. The Hall–Kier alpha value is -2.21. The van der Waals surface area contributed by atoms with Crippen LogP contribution in [0, 0.1) is 0 Å². The van der Waals surface area contributed by atoms with Crippen molar-refractivity contribution < 1.29 is 19.0 Å². The second-order valence-corrected chi connectivity index (χ2v) is 6.23. The number of fused-ring (bicyclic) bond motifs is 1. The first-order valence-electron chi connectivity index (χ1n) is 7.72. The molecule has 1 aliphatic heterocycles. The van der Waals surface area contributed by atoms with Gasteiger partial charge in [-0.3, -0.25) is 4.79 Å². The van der Waals surface area contributed by atoms with Crippen LogP contribution in [0.1, 0.15) is 18.1 Å². The van der Waals surface area contributed by atoms with Crippen LogP contribution in [0.2, 0.25) is 0 Å². The second-order valence-electron chi connectivity index (χ2n) is 5.37. The SMILES string of the molecule is CCc1ccc(OCC(=O)NCc2ccc3c(c2)OCO3)c(Br)c1. The van der Waals surface area contributed by atoms with E-state index in [-0.39, 0.29) is 19.3 Å². The number of halogens is 1. The van der Waals surface area contributed by atoms with Gasteiger partial charge >= 0.3 is 0 Å². The number of nitrogens with one attached hydrogen (secondary N) is 1. The third kappa shape index (κ3) is 4.00. The van der Waals surface area contributed by atoms with E-state index in [1.165, 1.54) is 5.56 Å². The van der Waals surface area contributed by atoms with Gasteiger partial charge in [0.2, 0.25) is 6.79 Å². The number of carbonyl (C=O) groups is 1. The molecule has 0 spiro atoms. The van der Waals surface area contributed by atoms with Crippen LogP contribution in [-0.4, -0.2) is 19.3 Å². The summed E-state index contributed by atoms with van der Waals surface area (Å²) in [7, 11) is 0. The van der Waals surface area contributed by atoms with Crippen LogP contribution < -0.4 is 19.5 Å². The first kappa shape index (κ1) is 16.6. The molecule has 2 aromatic carbocycles. The predicted molar refractivity (Wildman–Crippen MR) is 93.4 cm³/mol. The van der Waals surface area contributed by atoms with E-state index in [9.17, 15) is 4.79 Å². The lowest BCUT2D eigenvalue weighted by Crippen LogP contribution is -2.28. The normalized spacial score (nSPS) is 12.1. The maximum absolute atomic E-state index is 12.0. The maximum atomic E-state index is 12.0. The van der Waals surface area contributed by atoms with E-state index >= 15 is 0 Å². The smallest absolute Gasteiger partial charge is 0.258 e. The number of carbonyl (C=O) groups excluding carboxylic acids is 1. The van der Waals surface area contributed by atoms with E-state index in [1.54, 1.807) is 0 Å². The van der Waals surface area contributed by atoms with Crippen molar-refractivity contribution in [2.45, 2.75) is 19.9 Å². The number of benzene rings is 2. The zero-order chi connectivity index (χ0) is 16.9. The van der Waals surface area contributed by atoms with Gasteiger partial charge in [0.25, 0.3) is 5.91 Å². The van der Waals surface area contributed by atoms with Gasteiger partial charge in [-0.1, -0.05) is 19.1 Å². The van der Waals surface area contributed by atoms with Crippen molar-refractivity contribution in [1.82, 2.24) is 5.32 Å². The predicted octanol–water partition coefficient (Wildman–Crippen LogP) is 3.44. The maximum Gasteiger partial charge on any atom is 0.258 e. The average Bonchev–Trinajstić information content (AvgIpc) is 3.06. The van der Waals surface area contributed by atoms with E-state index in [0.717, 1.165) is 22.2 Å². The Morgan fingerprint density at radius 2 is 1.96 bits per heavy atom. The highest BCUT2D eigenvalue weighted by molar-refractivity contribution is 9.10. The molecule has 0 fully saturated rings. The third-order valence-corrected chi connectivity index (χ3v) is 4.31. The number of ether oxygens (including phenoxy) is 3. The van der Waals surface area contributed by atoms with Gasteiger partial charge in [0.05, 0.1) is 4.47 Å². The van der Waals surface area contributed by atoms with Gasteiger partial charge in [0, 0.05) is 6.54 Å². The van der Waals surface area contributed by atoms with Crippen molar-refractivity contribution in [3.8, 4) is 17.2 Å². The van der Waals surface area contributed by atoms with Gasteiger partial charge < -0.3 is 19.5 Å². The lowest BCUT2D eigenvalue weighted by Gasteiger charge is -2.10. The molecule has 0 aromatic heterocycles. The third-order valence-electron chi connectivity index (χ3n) is 3.69. The molecule has 0 saturated heterocycles. The minimum Gasteiger partial charge on any atom is -0.483 e. The molecule has 0 radical (unpaired) electrons. The van der Waals surface area contributed by atoms with Crippen molar-refractivity contribution in [1.29, 1.82) is 0 Å². The van der Waals surface area contributed by atoms with Crippen molar-refractivity contribution in [2.24, 2.45) is 0 Å². The molecule has 0 bridgehead atoms. The fraction of sp³-hybridized carbons (Fsp3) is 0.278. The Kier molecular flexibility index (Phi) is 5.25. The van der Waals surface area contributed by atoms with E-state index in [4.69, 9.17) is 14.2 Å². The molecule has 1 heterocycles. The number of hydrogen-bond donors (Lipinski definition) is 1. The van der Waals surface area contributed by atoms with Crippen molar-refractivity contribution in [3.05, 3.63) is 52.0 Å². The Labute approximate surface area is 149 Å². The Morgan fingerprint density at radius 1 is 1.17 bits per heavy atom. The van der Waals surface area contributed by atoms with Gasteiger partial charge in [0.1, 0.15) is 5.75 Å². The van der Waals surface area contributed by atoms with Gasteiger partial charge in [0.15, 0.2) is 18.1 Å². The molecular formula is C18H18BrNO4. The number of rotatable bonds is 6. The van der Waals surface area contributed by atoms with Gasteiger partial charge in [-0.2, -0.15) is 0 Å². The van der Waals surface area contributed by atoms with Crippen molar-refractivity contribution in [3.63, 3.8) is 0 Å². The fourth-order valence-electron chi connectivity index (χ4n) is 2.33. The summed E-state index contributed by atoms with van der Waals surface area (Å²) in [4.78, 5) is 12.0.